The number of benzene rings is 2. The van der Waals surface area contributed by atoms with E-state index in [4.69, 9.17) is 16.3 Å². The maximum absolute atomic E-state index is 15.2. The quantitative estimate of drug-likeness (QED) is 0.404. The van der Waals surface area contributed by atoms with Crippen LogP contribution in [0, 0.1) is 11.2 Å². The maximum Gasteiger partial charge on any atom is 0.408 e. The highest BCUT2D eigenvalue weighted by Crippen LogP contribution is 2.45. The second-order valence-electron chi connectivity index (χ2n) is 11.1. The molecule has 4 rings (SSSR count). The van der Waals surface area contributed by atoms with E-state index in [0.29, 0.717) is 15.6 Å². The molecule has 1 N–H and O–H groups in total. The maximum atomic E-state index is 15.2. The van der Waals surface area contributed by atoms with E-state index < -0.39 is 23.6 Å². The summed E-state index contributed by atoms with van der Waals surface area (Å²) in [5, 5.41) is 3.23. The van der Waals surface area contributed by atoms with Crippen molar-refractivity contribution in [3.8, 4) is 0 Å². The van der Waals surface area contributed by atoms with Crippen LogP contribution in [0.1, 0.15) is 69.3 Å². The topological polar surface area (TPSA) is 75.7 Å². The SMILES string of the molecule is CC1(CC(=O)c2cc3c(cc2F)SC[C@H](NC(=O)OC(C)(C)C)C(=O)N3Cc2ccc(Cl)cc2)CCC1. The van der Waals surface area contributed by atoms with Gasteiger partial charge in [-0.1, -0.05) is 37.1 Å². The minimum absolute atomic E-state index is 0.0140. The van der Waals surface area contributed by atoms with Gasteiger partial charge < -0.3 is 15.0 Å². The third kappa shape index (κ3) is 6.65. The van der Waals surface area contributed by atoms with Gasteiger partial charge in [0.1, 0.15) is 17.5 Å². The number of alkyl carbamates (subject to hydrolysis) is 1. The zero-order valence-corrected chi connectivity index (χ0v) is 23.1. The lowest BCUT2D eigenvalue weighted by Gasteiger charge is -2.37. The highest BCUT2D eigenvalue weighted by molar-refractivity contribution is 7.99. The van der Waals surface area contributed by atoms with Gasteiger partial charge in [-0.25, -0.2) is 9.18 Å². The fourth-order valence-corrected chi connectivity index (χ4v) is 5.77. The largest absolute Gasteiger partial charge is 0.444 e. The molecule has 6 nitrogen and oxygen atoms in total. The number of thioether (sulfide) groups is 1. The van der Waals surface area contributed by atoms with Gasteiger partial charge >= 0.3 is 6.09 Å². The molecule has 2 aliphatic rings. The third-order valence-electron chi connectivity index (χ3n) is 6.70. The summed E-state index contributed by atoms with van der Waals surface area (Å²) >= 11 is 7.30. The van der Waals surface area contributed by atoms with Crippen LogP contribution >= 0.6 is 23.4 Å². The summed E-state index contributed by atoms with van der Waals surface area (Å²) in [6.45, 7) is 7.43. The third-order valence-corrected chi connectivity index (χ3v) is 8.09. The summed E-state index contributed by atoms with van der Waals surface area (Å²) in [4.78, 5) is 41.4. The van der Waals surface area contributed by atoms with Crippen LogP contribution in [0.25, 0.3) is 0 Å². The van der Waals surface area contributed by atoms with Crippen molar-refractivity contribution in [2.24, 2.45) is 5.41 Å². The summed E-state index contributed by atoms with van der Waals surface area (Å²) in [5.41, 5.74) is 0.395. The summed E-state index contributed by atoms with van der Waals surface area (Å²) in [6, 6.07) is 8.97. The normalized spacial score (nSPS) is 18.9. The fraction of sp³-hybridized carbons (Fsp3) is 0.464. The van der Waals surface area contributed by atoms with Crippen LogP contribution < -0.4 is 10.2 Å². The first-order chi connectivity index (χ1) is 17.3. The molecule has 0 bridgehead atoms. The van der Waals surface area contributed by atoms with Gasteiger partial charge in [0.2, 0.25) is 0 Å². The van der Waals surface area contributed by atoms with E-state index in [1.807, 2.05) is 0 Å². The molecule has 9 heteroatoms. The molecule has 198 valence electrons. The monoisotopic (exact) mass is 546 g/mol. The van der Waals surface area contributed by atoms with Crippen molar-refractivity contribution in [2.75, 3.05) is 10.7 Å². The van der Waals surface area contributed by atoms with E-state index in [2.05, 4.69) is 12.2 Å². The van der Waals surface area contributed by atoms with Gasteiger partial charge in [-0.15, -0.1) is 11.8 Å². The van der Waals surface area contributed by atoms with Gasteiger partial charge in [-0.05, 0) is 68.9 Å². The Morgan fingerprint density at radius 2 is 1.89 bits per heavy atom. The van der Waals surface area contributed by atoms with Crippen molar-refractivity contribution in [1.82, 2.24) is 5.32 Å². The Morgan fingerprint density at radius 1 is 1.22 bits per heavy atom. The number of carbonyl (C=O) groups is 3. The smallest absolute Gasteiger partial charge is 0.408 e. The number of amides is 2. The Balaban J connectivity index is 1.68. The Morgan fingerprint density at radius 3 is 2.49 bits per heavy atom. The molecule has 1 heterocycles. The number of halogens is 2. The van der Waals surface area contributed by atoms with E-state index in [9.17, 15) is 14.4 Å². The van der Waals surface area contributed by atoms with Crippen LogP contribution in [0.4, 0.5) is 14.9 Å². The second-order valence-corrected chi connectivity index (χ2v) is 12.6. The van der Waals surface area contributed by atoms with Gasteiger partial charge in [0.25, 0.3) is 5.91 Å². The van der Waals surface area contributed by atoms with Crippen LogP contribution in [0.3, 0.4) is 0 Å². The molecule has 2 amide bonds. The van der Waals surface area contributed by atoms with Crippen LogP contribution in [-0.2, 0) is 16.1 Å². The van der Waals surface area contributed by atoms with E-state index >= 15 is 4.39 Å². The standard InChI is InChI=1S/C28H32ClFN2O4S/c1-27(2,3)36-26(35)31-21-16-37-24-13-20(30)19(23(33)14-28(4)10-5-11-28)12-22(24)32(25(21)34)15-17-6-8-18(29)9-7-17/h6-9,12-13,21H,5,10-11,14-16H2,1-4H3,(H,31,35)/t21-/m0/s1. The van der Waals surface area contributed by atoms with Crippen LogP contribution in [0.15, 0.2) is 41.3 Å². The molecule has 0 saturated heterocycles. The Labute approximate surface area is 226 Å². The average Bonchev–Trinajstić information content (AvgIpc) is 2.89. The summed E-state index contributed by atoms with van der Waals surface area (Å²) in [7, 11) is 0. The molecule has 37 heavy (non-hydrogen) atoms. The minimum atomic E-state index is -0.907. The molecule has 0 spiro atoms. The fourth-order valence-electron chi connectivity index (χ4n) is 4.56. The van der Waals surface area contributed by atoms with Gasteiger partial charge in [0.05, 0.1) is 17.8 Å². The predicted octanol–water partition coefficient (Wildman–Crippen LogP) is 6.77. The molecule has 0 aromatic heterocycles. The first-order valence-corrected chi connectivity index (χ1v) is 13.7. The van der Waals surface area contributed by atoms with Crippen molar-refractivity contribution in [3.63, 3.8) is 0 Å². The molecule has 1 atom stereocenters. The number of fused-ring (bicyclic) bond motifs is 1. The van der Waals surface area contributed by atoms with Crippen LogP contribution in [0.2, 0.25) is 5.02 Å². The molecule has 1 fully saturated rings. The van der Waals surface area contributed by atoms with Gasteiger partial charge in [-0.3, -0.25) is 9.59 Å². The van der Waals surface area contributed by atoms with Crippen molar-refractivity contribution >= 4 is 46.8 Å². The van der Waals surface area contributed by atoms with E-state index in [-0.39, 0.29) is 41.4 Å². The van der Waals surface area contributed by atoms with Gasteiger partial charge in [0, 0.05) is 22.1 Å². The molecule has 1 aliphatic heterocycles. The van der Waals surface area contributed by atoms with E-state index in [0.717, 1.165) is 24.8 Å². The highest BCUT2D eigenvalue weighted by Gasteiger charge is 2.37. The lowest BCUT2D eigenvalue weighted by Crippen LogP contribution is -2.50. The molecular formula is C28H32ClFN2O4S. The molecule has 2 aromatic carbocycles. The zero-order chi connectivity index (χ0) is 27.0. The van der Waals surface area contributed by atoms with Crippen LogP contribution in [0.5, 0.6) is 0 Å². The molecule has 1 saturated carbocycles. The Kier molecular flexibility index (Phi) is 7.91. The first kappa shape index (κ1) is 27.5. The number of rotatable bonds is 6. The number of anilines is 1. The van der Waals surface area contributed by atoms with E-state index in [1.54, 1.807) is 45.0 Å². The van der Waals surface area contributed by atoms with Crippen molar-refractivity contribution < 1.29 is 23.5 Å². The Hall–Kier alpha value is -2.58. The number of nitrogens with one attached hydrogen (secondary N) is 1. The van der Waals surface area contributed by atoms with Gasteiger partial charge in [0.15, 0.2) is 5.78 Å². The molecule has 1 aliphatic carbocycles. The molecule has 0 unspecified atom stereocenters. The minimum Gasteiger partial charge on any atom is -0.444 e. The van der Waals surface area contributed by atoms with Crippen molar-refractivity contribution in [2.45, 2.75) is 76.5 Å². The number of nitrogens with zero attached hydrogens (tertiary/aromatic N) is 1. The number of ketones is 1. The van der Waals surface area contributed by atoms with Crippen molar-refractivity contribution in [3.05, 3.63) is 58.4 Å². The summed E-state index contributed by atoms with van der Waals surface area (Å²) < 4.78 is 20.6. The molecule has 0 radical (unpaired) electrons. The van der Waals surface area contributed by atoms with Gasteiger partial charge in [-0.2, -0.15) is 0 Å². The van der Waals surface area contributed by atoms with Crippen LogP contribution in [-0.4, -0.2) is 35.2 Å². The second kappa shape index (κ2) is 10.7. The number of hydrogen-bond donors (Lipinski definition) is 1. The summed E-state index contributed by atoms with van der Waals surface area (Å²) in [5.74, 6) is -1.05. The number of Topliss-reactive ketones (excluding diaryl/α,β-unsaturated/α-hetero) is 1. The number of ether oxygens (including phenoxy) is 1. The lowest BCUT2D eigenvalue weighted by molar-refractivity contribution is -0.120. The number of hydrogen-bond acceptors (Lipinski definition) is 5. The Bertz CT molecular complexity index is 1210. The number of carbonyl (C=O) groups excluding carboxylic acids is 3. The first-order valence-electron chi connectivity index (χ1n) is 12.4. The average molecular weight is 547 g/mol. The molecular weight excluding hydrogens is 515 g/mol. The summed E-state index contributed by atoms with van der Waals surface area (Å²) in [6.07, 6.45) is 2.52. The van der Waals surface area contributed by atoms with E-state index in [1.165, 1.54) is 28.8 Å². The lowest BCUT2D eigenvalue weighted by atomic mass is 9.67. The molecule has 2 aromatic rings. The highest BCUT2D eigenvalue weighted by atomic mass is 35.5. The van der Waals surface area contributed by atoms with Crippen molar-refractivity contribution in [1.29, 1.82) is 0 Å². The predicted molar refractivity (Wildman–Crippen MR) is 144 cm³/mol. The zero-order valence-electron chi connectivity index (χ0n) is 21.5.